The third kappa shape index (κ3) is 3.58. The van der Waals surface area contributed by atoms with Crippen molar-refractivity contribution in [3.05, 3.63) is 45.8 Å². The fourth-order valence-corrected chi connectivity index (χ4v) is 3.85. The molecule has 0 aliphatic carbocycles. The van der Waals surface area contributed by atoms with E-state index in [1.807, 2.05) is 0 Å². The van der Waals surface area contributed by atoms with E-state index < -0.39 is 29.1 Å². The molecule has 1 N–H and O–H groups in total. The van der Waals surface area contributed by atoms with Gasteiger partial charge in [0, 0.05) is 30.2 Å². The zero-order valence-electron chi connectivity index (χ0n) is 13.7. The van der Waals surface area contributed by atoms with Crippen molar-refractivity contribution >= 4 is 39.0 Å². The van der Waals surface area contributed by atoms with E-state index in [0.29, 0.717) is 6.07 Å². The Morgan fingerprint density at radius 1 is 1.22 bits per heavy atom. The number of fused-ring (bicyclic) bond motifs is 1. The van der Waals surface area contributed by atoms with Crippen LogP contribution < -0.4 is 4.74 Å². The number of hydrogen-bond donors (Lipinski definition) is 1. The number of aromatic carboxylic acids is 1. The van der Waals surface area contributed by atoms with Gasteiger partial charge in [-0.05, 0) is 0 Å². The van der Waals surface area contributed by atoms with Crippen LogP contribution in [0.2, 0.25) is 5.15 Å². The fourth-order valence-electron chi connectivity index (χ4n) is 2.56. The van der Waals surface area contributed by atoms with Crippen LogP contribution in [0, 0.1) is 17.5 Å². The molecule has 5 nitrogen and oxygen atoms in total. The van der Waals surface area contributed by atoms with Gasteiger partial charge in [0.15, 0.2) is 5.69 Å². The number of methoxy groups -OCH3 is 1. The van der Waals surface area contributed by atoms with Crippen LogP contribution in [0.4, 0.5) is 13.2 Å². The molecule has 2 aromatic heterocycles. The first kappa shape index (κ1) is 19.4. The molecule has 3 aromatic rings. The predicted octanol–water partition coefficient (Wildman–Crippen LogP) is 4.76. The van der Waals surface area contributed by atoms with Gasteiger partial charge in [-0.25, -0.2) is 22.9 Å². The zero-order valence-corrected chi connectivity index (χ0v) is 15.3. The summed E-state index contributed by atoms with van der Waals surface area (Å²) in [6, 6.07) is 1.48. The molecule has 10 heteroatoms. The molecule has 0 bridgehead atoms. The third-order valence-corrected chi connectivity index (χ3v) is 4.88. The van der Waals surface area contributed by atoms with Crippen LogP contribution in [0.1, 0.15) is 10.5 Å². The minimum Gasteiger partial charge on any atom is -0.490 e. The summed E-state index contributed by atoms with van der Waals surface area (Å²) in [7, 11) is 1.42. The maximum atomic E-state index is 14.7. The van der Waals surface area contributed by atoms with Crippen molar-refractivity contribution in [1.29, 1.82) is 0 Å². The highest BCUT2D eigenvalue weighted by Crippen LogP contribution is 2.44. The number of rotatable bonds is 6. The molecule has 27 heavy (non-hydrogen) atoms. The molecule has 0 unspecified atom stereocenters. The largest absolute Gasteiger partial charge is 0.490 e. The smallest absolute Gasteiger partial charge is 0.355 e. The highest BCUT2D eigenvalue weighted by atomic mass is 35.5. The summed E-state index contributed by atoms with van der Waals surface area (Å²) in [6.45, 7) is 0.0863. The van der Waals surface area contributed by atoms with E-state index in [2.05, 4.69) is 4.98 Å². The quantitative estimate of drug-likeness (QED) is 0.462. The maximum Gasteiger partial charge on any atom is 0.355 e. The molecule has 0 fully saturated rings. The Labute approximate surface area is 159 Å². The summed E-state index contributed by atoms with van der Waals surface area (Å²) in [4.78, 5) is 15.4. The minimum absolute atomic E-state index is 0.0439. The molecule has 0 spiro atoms. The van der Waals surface area contributed by atoms with Crippen molar-refractivity contribution in [2.45, 2.75) is 0 Å². The Kier molecular flexibility index (Phi) is 5.54. The number of halogens is 4. The predicted molar refractivity (Wildman–Crippen MR) is 94.3 cm³/mol. The number of benzene rings is 1. The number of aromatic nitrogens is 1. The normalized spacial score (nSPS) is 11.1. The Morgan fingerprint density at radius 3 is 2.63 bits per heavy atom. The first-order valence-corrected chi connectivity index (χ1v) is 8.71. The number of pyridine rings is 1. The van der Waals surface area contributed by atoms with E-state index in [0.717, 1.165) is 22.8 Å². The second-order valence-electron chi connectivity index (χ2n) is 5.32. The Hall–Kier alpha value is -2.36. The van der Waals surface area contributed by atoms with Crippen LogP contribution in [0.3, 0.4) is 0 Å². The molecule has 1 aromatic carbocycles. The van der Waals surface area contributed by atoms with E-state index in [9.17, 15) is 23.1 Å². The number of carbonyl (C=O) groups is 1. The van der Waals surface area contributed by atoms with Crippen LogP contribution in [0.15, 0.2) is 17.5 Å². The third-order valence-electron chi connectivity index (χ3n) is 3.64. The molecule has 0 saturated heterocycles. The molecule has 0 aliphatic rings. The standard InChI is InChI=1S/C17H11ClF3NO4S/c1-25-2-3-26-10-5-7(19)4-8(20)11(10)13-14(17(23)24)22-16(18)12-9(21)6-27-15(12)13/h4-6H,2-3H2,1H3,(H,23,24). The average Bonchev–Trinajstić information content (AvgIpc) is 2.98. The van der Waals surface area contributed by atoms with Crippen molar-refractivity contribution in [1.82, 2.24) is 4.98 Å². The molecular weight excluding hydrogens is 407 g/mol. The second kappa shape index (κ2) is 7.71. The summed E-state index contributed by atoms with van der Waals surface area (Å²) >= 11 is 6.74. The Balaban J connectivity index is 2.36. The van der Waals surface area contributed by atoms with Gasteiger partial charge in [0.25, 0.3) is 0 Å². The second-order valence-corrected chi connectivity index (χ2v) is 6.56. The van der Waals surface area contributed by atoms with Crippen molar-refractivity contribution in [2.24, 2.45) is 0 Å². The van der Waals surface area contributed by atoms with Gasteiger partial charge in [-0.15, -0.1) is 11.3 Å². The summed E-state index contributed by atoms with van der Waals surface area (Å²) in [5.74, 6) is -4.49. The molecule has 0 saturated carbocycles. The zero-order chi connectivity index (χ0) is 19.7. The molecule has 0 amide bonds. The Morgan fingerprint density at radius 2 is 1.96 bits per heavy atom. The summed E-state index contributed by atoms with van der Waals surface area (Å²) in [6.07, 6.45) is 0. The summed E-state index contributed by atoms with van der Waals surface area (Å²) in [5.41, 5.74) is -1.18. The first-order chi connectivity index (χ1) is 12.8. The number of carboxylic acid groups (broad SMARTS) is 1. The van der Waals surface area contributed by atoms with Gasteiger partial charge >= 0.3 is 5.97 Å². The van der Waals surface area contributed by atoms with Gasteiger partial charge in [-0.3, -0.25) is 0 Å². The molecule has 3 rings (SSSR count). The lowest BCUT2D eigenvalue weighted by molar-refractivity contribution is 0.0691. The Bertz CT molecular complexity index is 1040. The highest BCUT2D eigenvalue weighted by molar-refractivity contribution is 7.18. The SMILES string of the molecule is COCCOc1cc(F)cc(F)c1-c1c(C(=O)O)nc(Cl)c2c(F)csc12. The maximum absolute atomic E-state index is 14.7. The number of nitrogens with zero attached hydrogens (tertiary/aromatic N) is 1. The first-order valence-electron chi connectivity index (χ1n) is 7.45. The van der Waals surface area contributed by atoms with Gasteiger partial charge in [0.05, 0.1) is 22.3 Å². The molecular formula is C17H11ClF3NO4S. The van der Waals surface area contributed by atoms with Crippen LogP contribution in [0.25, 0.3) is 21.2 Å². The lowest BCUT2D eigenvalue weighted by Crippen LogP contribution is -2.09. The monoisotopic (exact) mass is 417 g/mol. The van der Waals surface area contributed by atoms with Gasteiger partial charge in [-0.1, -0.05) is 11.6 Å². The number of thiophene rings is 1. The van der Waals surface area contributed by atoms with E-state index >= 15 is 0 Å². The molecule has 2 heterocycles. The van der Waals surface area contributed by atoms with Crippen molar-refractivity contribution in [2.75, 3.05) is 20.3 Å². The van der Waals surface area contributed by atoms with Crippen molar-refractivity contribution in [3.8, 4) is 16.9 Å². The molecule has 0 radical (unpaired) electrons. The summed E-state index contributed by atoms with van der Waals surface area (Å²) in [5, 5.41) is 10.1. The van der Waals surface area contributed by atoms with Crippen molar-refractivity contribution in [3.63, 3.8) is 0 Å². The highest BCUT2D eigenvalue weighted by Gasteiger charge is 2.27. The van der Waals surface area contributed by atoms with E-state index in [4.69, 9.17) is 21.1 Å². The summed E-state index contributed by atoms with van der Waals surface area (Å²) < 4.78 is 52.8. The van der Waals surface area contributed by atoms with E-state index in [1.165, 1.54) is 7.11 Å². The fraction of sp³-hybridized carbons (Fsp3) is 0.176. The van der Waals surface area contributed by atoms with Gasteiger partial charge in [0.1, 0.15) is 35.0 Å². The van der Waals surface area contributed by atoms with Gasteiger partial charge in [0.2, 0.25) is 0 Å². The van der Waals surface area contributed by atoms with Gasteiger partial charge < -0.3 is 14.6 Å². The van der Waals surface area contributed by atoms with E-state index in [1.54, 1.807) is 0 Å². The molecule has 142 valence electrons. The number of carboxylic acids is 1. The minimum atomic E-state index is -1.51. The lowest BCUT2D eigenvalue weighted by atomic mass is 10.0. The van der Waals surface area contributed by atoms with E-state index in [-0.39, 0.29) is 45.3 Å². The average molecular weight is 418 g/mol. The van der Waals surface area contributed by atoms with Crippen LogP contribution in [-0.4, -0.2) is 36.4 Å². The number of hydrogen-bond acceptors (Lipinski definition) is 5. The topological polar surface area (TPSA) is 68.7 Å². The number of ether oxygens (including phenoxy) is 2. The van der Waals surface area contributed by atoms with Crippen LogP contribution in [0.5, 0.6) is 5.75 Å². The molecule has 0 atom stereocenters. The van der Waals surface area contributed by atoms with Crippen LogP contribution >= 0.6 is 22.9 Å². The van der Waals surface area contributed by atoms with Crippen LogP contribution in [-0.2, 0) is 4.74 Å². The molecule has 0 aliphatic heterocycles. The van der Waals surface area contributed by atoms with Crippen molar-refractivity contribution < 1.29 is 32.5 Å². The lowest BCUT2D eigenvalue weighted by Gasteiger charge is -2.15. The van der Waals surface area contributed by atoms with Gasteiger partial charge in [-0.2, -0.15) is 0 Å².